The highest BCUT2D eigenvalue weighted by molar-refractivity contribution is 7.89. The van der Waals surface area contributed by atoms with E-state index >= 15 is 0 Å². The number of amides is 1. The second-order valence-corrected chi connectivity index (χ2v) is 7.45. The number of benzene rings is 1. The van der Waals surface area contributed by atoms with E-state index in [1.807, 2.05) is 19.0 Å². The van der Waals surface area contributed by atoms with Crippen LogP contribution >= 0.6 is 0 Å². The van der Waals surface area contributed by atoms with Crippen LogP contribution in [0, 0.1) is 0 Å². The lowest BCUT2D eigenvalue weighted by Gasteiger charge is -2.20. The maximum absolute atomic E-state index is 12.4. The summed E-state index contributed by atoms with van der Waals surface area (Å²) in [4.78, 5) is 15.6. The highest BCUT2D eigenvalue weighted by Gasteiger charge is 2.26. The number of hydrogen-bond donors (Lipinski definition) is 1. The third-order valence-corrected chi connectivity index (χ3v) is 5.13. The van der Waals surface area contributed by atoms with Crippen LogP contribution in [0.25, 0.3) is 0 Å². The molecule has 8 heteroatoms. The minimum Gasteiger partial charge on any atom is -0.495 e. The Morgan fingerprint density at radius 1 is 1.35 bits per heavy atom. The molecule has 1 aliphatic heterocycles. The van der Waals surface area contributed by atoms with Gasteiger partial charge in [0, 0.05) is 26.1 Å². The number of sulfonamides is 1. The number of nitrogens with zero attached hydrogens (tertiary/aromatic N) is 2. The van der Waals surface area contributed by atoms with Crippen LogP contribution in [0.4, 0.5) is 5.69 Å². The minimum atomic E-state index is -3.62. The third kappa shape index (κ3) is 4.21. The van der Waals surface area contributed by atoms with Crippen LogP contribution in [0.1, 0.15) is 12.8 Å². The lowest BCUT2D eigenvalue weighted by atomic mass is 10.2. The zero-order valence-corrected chi connectivity index (χ0v) is 14.5. The van der Waals surface area contributed by atoms with Gasteiger partial charge in [-0.25, -0.2) is 13.1 Å². The summed E-state index contributed by atoms with van der Waals surface area (Å²) in [6, 6.07) is 4.57. The molecule has 0 bridgehead atoms. The first-order valence-corrected chi connectivity index (χ1v) is 8.96. The average molecular weight is 341 g/mol. The largest absolute Gasteiger partial charge is 0.495 e. The average Bonchev–Trinajstić information content (AvgIpc) is 2.92. The van der Waals surface area contributed by atoms with Crippen molar-refractivity contribution in [1.82, 2.24) is 9.62 Å². The first-order valence-electron chi connectivity index (χ1n) is 7.48. The molecule has 1 aromatic rings. The molecule has 0 aliphatic carbocycles. The Kier molecular flexibility index (Phi) is 5.61. The van der Waals surface area contributed by atoms with Crippen molar-refractivity contribution in [3.63, 3.8) is 0 Å². The molecule has 128 valence electrons. The van der Waals surface area contributed by atoms with E-state index in [0.29, 0.717) is 37.5 Å². The maximum atomic E-state index is 12.4. The Balaban J connectivity index is 2.28. The van der Waals surface area contributed by atoms with E-state index in [4.69, 9.17) is 4.74 Å². The summed E-state index contributed by atoms with van der Waals surface area (Å²) >= 11 is 0. The van der Waals surface area contributed by atoms with E-state index in [-0.39, 0.29) is 10.8 Å². The van der Waals surface area contributed by atoms with Crippen molar-refractivity contribution in [3.8, 4) is 5.75 Å². The number of nitrogens with one attached hydrogen (secondary N) is 1. The molecule has 1 saturated heterocycles. The van der Waals surface area contributed by atoms with Crippen molar-refractivity contribution < 1.29 is 17.9 Å². The molecule has 0 saturated carbocycles. The van der Waals surface area contributed by atoms with E-state index in [1.54, 1.807) is 11.0 Å². The molecule has 0 unspecified atom stereocenters. The van der Waals surface area contributed by atoms with Gasteiger partial charge in [0.1, 0.15) is 5.75 Å². The van der Waals surface area contributed by atoms with Gasteiger partial charge in [0.2, 0.25) is 15.9 Å². The molecule has 1 aromatic carbocycles. The number of methoxy groups -OCH3 is 1. The first-order chi connectivity index (χ1) is 10.8. The van der Waals surface area contributed by atoms with Crippen molar-refractivity contribution in [2.24, 2.45) is 0 Å². The summed E-state index contributed by atoms with van der Waals surface area (Å²) in [5.41, 5.74) is 0.505. The van der Waals surface area contributed by atoms with E-state index in [2.05, 4.69) is 4.72 Å². The van der Waals surface area contributed by atoms with Gasteiger partial charge in [0.05, 0.1) is 17.7 Å². The van der Waals surface area contributed by atoms with Crippen molar-refractivity contribution in [2.45, 2.75) is 17.7 Å². The van der Waals surface area contributed by atoms with E-state index in [1.165, 1.54) is 19.2 Å². The van der Waals surface area contributed by atoms with Crippen molar-refractivity contribution in [3.05, 3.63) is 18.2 Å². The molecular weight excluding hydrogens is 318 g/mol. The van der Waals surface area contributed by atoms with Crippen LogP contribution in [-0.2, 0) is 14.8 Å². The van der Waals surface area contributed by atoms with Gasteiger partial charge < -0.3 is 14.5 Å². The second kappa shape index (κ2) is 7.29. The fourth-order valence-corrected chi connectivity index (χ4v) is 3.48. The molecular formula is C15H23N3O4S. The standard InChI is InChI=1S/C15H23N3O4S/c1-17(2)10-8-16-23(20,21)12-6-7-14(22-3)13(11-12)18-9-4-5-15(18)19/h6-7,11,16H,4-5,8-10H2,1-3H3. The van der Waals surface area contributed by atoms with E-state index in [9.17, 15) is 13.2 Å². The van der Waals surface area contributed by atoms with Crippen LogP contribution in [0.15, 0.2) is 23.1 Å². The van der Waals surface area contributed by atoms with Crippen molar-refractivity contribution in [2.75, 3.05) is 45.7 Å². The fraction of sp³-hybridized carbons (Fsp3) is 0.533. The predicted molar refractivity (Wildman–Crippen MR) is 88.3 cm³/mol. The van der Waals surface area contributed by atoms with Crippen LogP contribution in [0.3, 0.4) is 0 Å². The van der Waals surface area contributed by atoms with Gasteiger partial charge in [0.15, 0.2) is 0 Å². The quantitative estimate of drug-likeness (QED) is 0.788. The summed E-state index contributed by atoms with van der Waals surface area (Å²) in [5, 5.41) is 0. The molecule has 1 aliphatic rings. The van der Waals surface area contributed by atoms with Gasteiger partial charge in [0.25, 0.3) is 0 Å². The van der Waals surface area contributed by atoms with Crippen molar-refractivity contribution in [1.29, 1.82) is 0 Å². The van der Waals surface area contributed by atoms with Crippen LogP contribution in [-0.4, -0.2) is 60.1 Å². The van der Waals surface area contributed by atoms with Gasteiger partial charge in [-0.2, -0.15) is 0 Å². The molecule has 1 N–H and O–H groups in total. The van der Waals surface area contributed by atoms with E-state index < -0.39 is 10.0 Å². The Morgan fingerprint density at radius 3 is 2.65 bits per heavy atom. The topological polar surface area (TPSA) is 79.0 Å². The number of likely N-dealkylation sites (N-methyl/N-ethyl adjacent to an activating group) is 1. The number of anilines is 1. The molecule has 0 atom stereocenters. The predicted octanol–water partition coefficient (Wildman–Crippen LogP) is 0.662. The van der Waals surface area contributed by atoms with Crippen LogP contribution < -0.4 is 14.4 Å². The Labute approximate surface area is 137 Å². The van der Waals surface area contributed by atoms with Gasteiger partial charge in [-0.15, -0.1) is 0 Å². The number of rotatable bonds is 7. The number of carbonyl (C=O) groups is 1. The lowest BCUT2D eigenvalue weighted by molar-refractivity contribution is -0.117. The normalized spacial score (nSPS) is 15.5. The molecule has 2 rings (SSSR count). The summed E-state index contributed by atoms with van der Waals surface area (Å²) in [6.07, 6.45) is 1.24. The van der Waals surface area contributed by atoms with Crippen LogP contribution in [0.5, 0.6) is 5.75 Å². The van der Waals surface area contributed by atoms with Gasteiger partial charge in [-0.05, 0) is 38.7 Å². The maximum Gasteiger partial charge on any atom is 0.240 e. The number of ether oxygens (including phenoxy) is 1. The van der Waals surface area contributed by atoms with E-state index in [0.717, 1.165) is 6.42 Å². The SMILES string of the molecule is COc1ccc(S(=O)(=O)NCCN(C)C)cc1N1CCCC1=O. The van der Waals surface area contributed by atoms with Crippen LogP contribution in [0.2, 0.25) is 0 Å². The minimum absolute atomic E-state index is 0.0154. The molecule has 1 fully saturated rings. The molecule has 7 nitrogen and oxygen atoms in total. The highest BCUT2D eigenvalue weighted by atomic mass is 32.2. The molecule has 0 aromatic heterocycles. The first kappa shape index (κ1) is 17.7. The lowest BCUT2D eigenvalue weighted by Crippen LogP contribution is -2.31. The van der Waals surface area contributed by atoms with Crippen molar-refractivity contribution >= 4 is 21.6 Å². The Bertz CT molecular complexity index is 673. The molecule has 0 spiro atoms. The Morgan fingerprint density at radius 2 is 2.09 bits per heavy atom. The molecule has 1 amide bonds. The van der Waals surface area contributed by atoms with Gasteiger partial charge in [-0.3, -0.25) is 4.79 Å². The molecule has 1 heterocycles. The van der Waals surface area contributed by atoms with Gasteiger partial charge in [-0.1, -0.05) is 0 Å². The van der Waals surface area contributed by atoms with Gasteiger partial charge >= 0.3 is 0 Å². The number of hydrogen-bond acceptors (Lipinski definition) is 5. The molecule has 23 heavy (non-hydrogen) atoms. The summed E-state index contributed by atoms with van der Waals surface area (Å²) < 4.78 is 32.6. The monoisotopic (exact) mass is 341 g/mol. The zero-order chi connectivity index (χ0) is 17.0. The summed E-state index contributed by atoms with van der Waals surface area (Å²) in [7, 11) is 1.63. The summed E-state index contributed by atoms with van der Waals surface area (Å²) in [5.74, 6) is 0.478. The zero-order valence-electron chi connectivity index (χ0n) is 13.7. The second-order valence-electron chi connectivity index (χ2n) is 5.68. The molecule has 0 radical (unpaired) electrons. The third-order valence-electron chi connectivity index (χ3n) is 3.68. The summed E-state index contributed by atoms with van der Waals surface area (Å²) in [6.45, 7) is 1.50. The smallest absolute Gasteiger partial charge is 0.240 e. The fourth-order valence-electron chi connectivity index (χ4n) is 2.44. The Hall–Kier alpha value is -1.64. The number of carbonyl (C=O) groups excluding carboxylic acids is 1. The highest BCUT2D eigenvalue weighted by Crippen LogP contribution is 2.33.